The number of rotatable bonds is 7. The molecule has 0 heterocycles. The van der Waals surface area contributed by atoms with E-state index in [0.29, 0.717) is 12.1 Å². The van der Waals surface area contributed by atoms with Crippen molar-refractivity contribution in [2.75, 3.05) is 12.4 Å². The quantitative estimate of drug-likeness (QED) is 0.821. The highest BCUT2D eigenvalue weighted by Gasteiger charge is 2.23. The molecule has 24 heavy (non-hydrogen) atoms. The lowest BCUT2D eigenvalue weighted by Gasteiger charge is -2.20. The van der Waals surface area contributed by atoms with Crippen molar-refractivity contribution in [3.8, 4) is 0 Å². The molecule has 126 valence electrons. The Morgan fingerprint density at radius 1 is 0.958 bits per heavy atom. The Morgan fingerprint density at radius 3 is 2.12 bits per heavy atom. The van der Waals surface area contributed by atoms with Crippen molar-refractivity contribution in [3.05, 3.63) is 66.2 Å². The molecule has 0 spiro atoms. The fourth-order valence-electron chi connectivity index (χ4n) is 2.21. The SMILES string of the molecule is CO[C@@H](C)C(=O)N[C@H](Cc1ccccc1)C(=O)Nc1ccccc1. The topological polar surface area (TPSA) is 67.4 Å². The molecule has 0 fully saturated rings. The first-order valence-electron chi connectivity index (χ1n) is 7.83. The minimum absolute atomic E-state index is 0.262. The van der Waals surface area contributed by atoms with Gasteiger partial charge in [-0.25, -0.2) is 0 Å². The average molecular weight is 326 g/mol. The van der Waals surface area contributed by atoms with Crippen LogP contribution in [0, 0.1) is 0 Å². The van der Waals surface area contributed by atoms with Crippen LogP contribution in [0.15, 0.2) is 60.7 Å². The number of anilines is 1. The van der Waals surface area contributed by atoms with Crippen LogP contribution in [-0.2, 0) is 20.7 Å². The Hall–Kier alpha value is -2.66. The van der Waals surface area contributed by atoms with E-state index in [2.05, 4.69) is 10.6 Å². The normalized spacial score (nSPS) is 12.9. The first-order chi connectivity index (χ1) is 11.6. The third kappa shape index (κ3) is 5.21. The number of para-hydroxylation sites is 1. The maximum absolute atomic E-state index is 12.6. The van der Waals surface area contributed by atoms with Crippen LogP contribution in [0.3, 0.4) is 0 Å². The number of benzene rings is 2. The van der Waals surface area contributed by atoms with Gasteiger partial charge in [0.25, 0.3) is 0 Å². The second-order valence-corrected chi connectivity index (χ2v) is 5.48. The first-order valence-corrected chi connectivity index (χ1v) is 7.83. The molecule has 0 aliphatic heterocycles. The molecule has 0 aromatic heterocycles. The third-order valence-corrected chi connectivity index (χ3v) is 3.68. The van der Waals surface area contributed by atoms with Gasteiger partial charge < -0.3 is 15.4 Å². The lowest BCUT2D eigenvalue weighted by molar-refractivity contribution is -0.133. The van der Waals surface area contributed by atoms with Crippen LogP contribution in [0.5, 0.6) is 0 Å². The summed E-state index contributed by atoms with van der Waals surface area (Å²) in [6.07, 6.45) is -0.213. The van der Waals surface area contributed by atoms with Gasteiger partial charge in [0.1, 0.15) is 12.1 Å². The molecule has 0 aliphatic rings. The molecule has 5 heteroatoms. The summed E-state index contributed by atoms with van der Waals surface area (Å²) in [6.45, 7) is 1.64. The number of nitrogens with one attached hydrogen (secondary N) is 2. The van der Waals surface area contributed by atoms with E-state index in [1.807, 2.05) is 48.5 Å². The molecule has 2 aromatic rings. The Morgan fingerprint density at radius 2 is 1.54 bits per heavy atom. The summed E-state index contributed by atoms with van der Waals surface area (Å²) in [5.74, 6) is -0.580. The van der Waals surface area contributed by atoms with E-state index in [4.69, 9.17) is 4.74 Å². The molecule has 0 radical (unpaired) electrons. The molecule has 2 N–H and O–H groups in total. The van der Waals surface area contributed by atoms with Gasteiger partial charge in [-0.05, 0) is 24.6 Å². The van der Waals surface area contributed by atoms with Crippen molar-refractivity contribution in [2.24, 2.45) is 0 Å². The number of hydrogen-bond acceptors (Lipinski definition) is 3. The van der Waals surface area contributed by atoms with Crippen LogP contribution in [0.1, 0.15) is 12.5 Å². The maximum Gasteiger partial charge on any atom is 0.249 e. The van der Waals surface area contributed by atoms with Crippen molar-refractivity contribution in [2.45, 2.75) is 25.5 Å². The van der Waals surface area contributed by atoms with Crippen molar-refractivity contribution in [1.29, 1.82) is 0 Å². The fraction of sp³-hybridized carbons (Fsp3) is 0.263. The number of hydrogen-bond donors (Lipinski definition) is 2. The van der Waals surface area contributed by atoms with Crippen molar-refractivity contribution in [1.82, 2.24) is 5.32 Å². The summed E-state index contributed by atoms with van der Waals surface area (Å²) in [7, 11) is 1.46. The summed E-state index contributed by atoms with van der Waals surface area (Å²) < 4.78 is 5.02. The largest absolute Gasteiger partial charge is 0.372 e. The fourth-order valence-corrected chi connectivity index (χ4v) is 2.21. The highest BCUT2D eigenvalue weighted by atomic mass is 16.5. The molecule has 2 amide bonds. The van der Waals surface area contributed by atoms with E-state index in [1.165, 1.54) is 7.11 Å². The van der Waals surface area contributed by atoms with Gasteiger partial charge in [0, 0.05) is 19.2 Å². The zero-order valence-corrected chi connectivity index (χ0v) is 13.9. The third-order valence-electron chi connectivity index (χ3n) is 3.68. The van der Waals surface area contributed by atoms with Crippen molar-refractivity contribution in [3.63, 3.8) is 0 Å². The Bertz CT molecular complexity index is 659. The molecule has 2 rings (SSSR count). The van der Waals surface area contributed by atoms with Crippen LogP contribution in [-0.4, -0.2) is 31.1 Å². The lowest BCUT2D eigenvalue weighted by Crippen LogP contribution is -2.48. The summed E-state index contributed by atoms with van der Waals surface area (Å²) in [5, 5.41) is 5.59. The van der Waals surface area contributed by atoms with Gasteiger partial charge in [0.2, 0.25) is 11.8 Å². The van der Waals surface area contributed by atoms with Crippen molar-refractivity contribution >= 4 is 17.5 Å². The summed E-state index contributed by atoms with van der Waals surface area (Å²) in [6, 6.07) is 18.0. The van der Waals surface area contributed by atoms with E-state index in [-0.39, 0.29) is 11.8 Å². The molecule has 0 saturated carbocycles. The van der Waals surface area contributed by atoms with Gasteiger partial charge in [-0.1, -0.05) is 48.5 Å². The predicted molar refractivity (Wildman–Crippen MR) is 93.6 cm³/mol. The number of ether oxygens (including phenoxy) is 1. The van der Waals surface area contributed by atoms with E-state index in [0.717, 1.165) is 5.56 Å². The van der Waals surface area contributed by atoms with Gasteiger partial charge in [0.15, 0.2) is 0 Å². The summed E-state index contributed by atoms with van der Waals surface area (Å²) in [5.41, 5.74) is 1.66. The maximum atomic E-state index is 12.6. The van der Waals surface area contributed by atoms with Crippen LogP contribution >= 0.6 is 0 Å². The zero-order valence-electron chi connectivity index (χ0n) is 13.9. The van der Waals surface area contributed by atoms with E-state index >= 15 is 0 Å². The molecule has 2 aromatic carbocycles. The molecule has 0 saturated heterocycles. The minimum atomic E-state index is -0.683. The van der Waals surface area contributed by atoms with Crippen LogP contribution in [0.4, 0.5) is 5.69 Å². The molecule has 0 aliphatic carbocycles. The summed E-state index contributed by atoms with van der Waals surface area (Å²) >= 11 is 0. The van der Waals surface area contributed by atoms with Gasteiger partial charge in [-0.2, -0.15) is 0 Å². The molecule has 2 atom stereocenters. The smallest absolute Gasteiger partial charge is 0.249 e. The van der Waals surface area contributed by atoms with E-state index in [9.17, 15) is 9.59 Å². The number of methoxy groups -OCH3 is 1. The van der Waals surface area contributed by atoms with Gasteiger partial charge in [-0.3, -0.25) is 9.59 Å². The molecule has 5 nitrogen and oxygen atoms in total. The molecular formula is C19H22N2O3. The monoisotopic (exact) mass is 326 g/mol. The van der Waals surface area contributed by atoms with E-state index < -0.39 is 12.1 Å². The Balaban J connectivity index is 2.11. The highest BCUT2D eigenvalue weighted by Crippen LogP contribution is 2.09. The van der Waals surface area contributed by atoms with Crippen LogP contribution in [0.25, 0.3) is 0 Å². The second-order valence-electron chi connectivity index (χ2n) is 5.48. The highest BCUT2D eigenvalue weighted by molar-refractivity contribution is 5.97. The number of carbonyl (C=O) groups is 2. The van der Waals surface area contributed by atoms with Gasteiger partial charge in [-0.15, -0.1) is 0 Å². The van der Waals surface area contributed by atoms with E-state index in [1.54, 1.807) is 19.1 Å². The first kappa shape index (κ1) is 17.7. The number of carbonyl (C=O) groups excluding carboxylic acids is 2. The molecule has 0 unspecified atom stereocenters. The van der Waals surface area contributed by atoms with Crippen LogP contribution < -0.4 is 10.6 Å². The van der Waals surface area contributed by atoms with Crippen LogP contribution in [0.2, 0.25) is 0 Å². The number of amides is 2. The average Bonchev–Trinajstić information content (AvgIpc) is 2.62. The zero-order chi connectivity index (χ0) is 17.4. The Labute approximate surface area is 142 Å². The Kier molecular flexibility index (Phi) is 6.51. The standard InChI is InChI=1S/C19H22N2O3/c1-14(24-2)18(22)21-17(13-15-9-5-3-6-10-15)19(23)20-16-11-7-4-8-12-16/h3-12,14,17H,13H2,1-2H3,(H,20,23)(H,21,22)/t14-,17+/m0/s1. The lowest BCUT2D eigenvalue weighted by atomic mass is 10.0. The second kappa shape index (κ2) is 8.84. The molecular weight excluding hydrogens is 304 g/mol. The van der Waals surface area contributed by atoms with Gasteiger partial charge >= 0.3 is 0 Å². The van der Waals surface area contributed by atoms with Crippen molar-refractivity contribution < 1.29 is 14.3 Å². The summed E-state index contributed by atoms with van der Waals surface area (Å²) in [4.78, 5) is 24.7. The minimum Gasteiger partial charge on any atom is -0.372 e. The molecule has 0 bridgehead atoms. The van der Waals surface area contributed by atoms with Gasteiger partial charge in [0.05, 0.1) is 0 Å². The predicted octanol–water partition coefficient (Wildman–Crippen LogP) is 2.39.